The van der Waals surface area contributed by atoms with Gasteiger partial charge in [0.15, 0.2) is 0 Å². The summed E-state index contributed by atoms with van der Waals surface area (Å²) in [4.78, 5) is 1.25. The first-order chi connectivity index (χ1) is 8.29. The lowest BCUT2D eigenvalue weighted by Crippen LogP contribution is -2.09. The third-order valence-corrected chi connectivity index (χ3v) is 4.24. The Balaban J connectivity index is 2.17. The van der Waals surface area contributed by atoms with Crippen LogP contribution in [-0.2, 0) is 0 Å². The van der Waals surface area contributed by atoms with Gasteiger partial charge in [0, 0.05) is 21.2 Å². The van der Waals surface area contributed by atoms with Crippen molar-refractivity contribution in [2.24, 2.45) is 5.73 Å². The molecule has 88 valence electrons. The Kier molecular flexibility index (Phi) is 4.66. The lowest BCUT2D eigenvalue weighted by Gasteiger charge is -2.15. The first kappa shape index (κ1) is 12.7. The summed E-state index contributed by atoms with van der Waals surface area (Å²) in [6, 6.07) is 18.7. The van der Waals surface area contributed by atoms with E-state index in [9.17, 15) is 0 Å². The minimum absolute atomic E-state index is 0.301. The molecule has 0 radical (unpaired) electrons. The molecule has 1 nitrogen and oxygen atoms in total. The Morgan fingerprint density at radius 3 is 2.47 bits per heavy atom. The molecule has 1 unspecified atom stereocenters. The Labute approximate surface area is 115 Å². The van der Waals surface area contributed by atoms with Crippen molar-refractivity contribution >= 4 is 27.7 Å². The highest BCUT2D eigenvalue weighted by atomic mass is 79.9. The predicted octanol–water partition coefficient (Wildman–Crippen LogP) is 4.24. The first-order valence-corrected chi connectivity index (χ1v) is 7.14. The number of benzene rings is 2. The van der Waals surface area contributed by atoms with Crippen LogP contribution in [0, 0.1) is 0 Å². The molecule has 0 spiro atoms. The second kappa shape index (κ2) is 6.24. The van der Waals surface area contributed by atoms with Crippen LogP contribution in [0.25, 0.3) is 0 Å². The van der Waals surface area contributed by atoms with E-state index in [1.165, 1.54) is 10.5 Å². The van der Waals surface area contributed by atoms with Crippen molar-refractivity contribution in [1.29, 1.82) is 0 Å². The highest BCUT2D eigenvalue weighted by Gasteiger charge is 2.11. The van der Waals surface area contributed by atoms with Crippen LogP contribution >= 0.6 is 27.7 Å². The molecule has 1 atom stereocenters. The van der Waals surface area contributed by atoms with Crippen LogP contribution in [0.5, 0.6) is 0 Å². The number of hydrogen-bond acceptors (Lipinski definition) is 2. The molecule has 2 aromatic carbocycles. The second-order valence-corrected chi connectivity index (χ2v) is 5.90. The smallest absolute Gasteiger partial charge is 0.0467 e. The fraction of sp³-hybridized carbons (Fsp3) is 0.143. The van der Waals surface area contributed by atoms with Gasteiger partial charge in [0.2, 0.25) is 0 Å². The molecule has 3 heteroatoms. The number of halogens is 1. The maximum absolute atomic E-state index is 5.87. The summed E-state index contributed by atoms with van der Waals surface area (Å²) in [5.41, 5.74) is 7.13. The summed E-state index contributed by atoms with van der Waals surface area (Å²) in [7, 11) is 0. The van der Waals surface area contributed by atoms with E-state index in [1.807, 2.05) is 18.2 Å². The Bertz CT molecular complexity index is 473. The van der Waals surface area contributed by atoms with Crippen LogP contribution < -0.4 is 5.73 Å². The lowest BCUT2D eigenvalue weighted by atomic mass is 10.1. The number of hydrogen-bond donors (Lipinski definition) is 1. The minimum Gasteiger partial charge on any atom is -0.329 e. The number of rotatable bonds is 4. The minimum atomic E-state index is 0.301. The van der Waals surface area contributed by atoms with E-state index in [0.717, 1.165) is 4.47 Å². The molecular weight excluding hydrogens is 294 g/mol. The van der Waals surface area contributed by atoms with Crippen molar-refractivity contribution in [3.63, 3.8) is 0 Å². The molecule has 0 aliphatic heterocycles. The summed E-state index contributed by atoms with van der Waals surface area (Å²) < 4.78 is 1.10. The molecule has 0 heterocycles. The van der Waals surface area contributed by atoms with Crippen LogP contribution in [0.4, 0.5) is 0 Å². The number of thioether (sulfide) groups is 1. The van der Waals surface area contributed by atoms with Gasteiger partial charge in [0.25, 0.3) is 0 Å². The summed E-state index contributed by atoms with van der Waals surface area (Å²) in [5.74, 6) is 0. The van der Waals surface area contributed by atoms with Crippen molar-refractivity contribution in [1.82, 2.24) is 0 Å². The van der Waals surface area contributed by atoms with E-state index in [4.69, 9.17) is 5.73 Å². The van der Waals surface area contributed by atoms with E-state index < -0.39 is 0 Å². The molecule has 0 aliphatic rings. The van der Waals surface area contributed by atoms with E-state index in [1.54, 1.807) is 11.8 Å². The van der Waals surface area contributed by atoms with Crippen LogP contribution in [0.15, 0.2) is 64.0 Å². The average molecular weight is 308 g/mol. The molecule has 0 aromatic heterocycles. The SMILES string of the molecule is NCC(Sc1ccccc1)c1cccc(Br)c1. The van der Waals surface area contributed by atoms with E-state index >= 15 is 0 Å². The maximum atomic E-state index is 5.87. The van der Waals surface area contributed by atoms with E-state index in [-0.39, 0.29) is 0 Å². The summed E-state index contributed by atoms with van der Waals surface area (Å²) >= 11 is 5.30. The van der Waals surface area contributed by atoms with Gasteiger partial charge in [-0.15, -0.1) is 11.8 Å². The van der Waals surface area contributed by atoms with Crippen LogP contribution in [0.3, 0.4) is 0 Å². The Morgan fingerprint density at radius 2 is 1.82 bits per heavy atom. The summed E-state index contributed by atoms with van der Waals surface area (Å²) in [6.45, 7) is 0.635. The fourth-order valence-electron chi connectivity index (χ4n) is 1.62. The topological polar surface area (TPSA) is 26.0 Å². The molecule has 2 N–H and O–H groups in total. The van der Waals surface area contributed by atoms with Gasteiger partial charge in [-0.05, 0) is 29.8 Å². The van der Waals surface area contributed by atoms with Gasteiger partial charge in [0.05, 0.1) is 0 Å². The molecule has 0 saturated heterocycles. The molecule has 2 aromatic rings. The van der Waals surface area contributed by atoms with Gasteiger partial charge in [-0.1, -0.05) is 46.3 Å². The first-order valence-electron chi connectivity index (χ1n) is 5.47. The second-order valence-electron chi connectivity index (χ2n) is 3.71. The molecule has 0 saturated carbocycles. The zero-order valence-electron chi connectivity index (χ0n) is 9.34. The van der Waals surface area contributed by atoms with Crippen molar-refractivity contribution < 1.29 is 0 Å². The fourth-order valence-corrected chi connectivity index (χ4v) is 3.06. The highest BCUT2D eigenvalue weighted by molar-refractivity contribution is 9.10. The van der Waals surface area contributed by atoms with Crippen LogP contribution in [0.2, 0.25) is 0 Å². The molecular formula is C14H14BrNS. The zero-order valence-corrected chi connectivity index (χ0v) is 11.7. The Morgan fingerprint density at radius 1 is 1.06 bits per heavy atom. The van der Waals surface area contributed by atoms with Crippen molar-refractivity contribution in [3.8, 4) is 0 Å². The molecule has 17 heavy (non-hydrogen) atoms. The molecule has 0 fully saturated rings. The molecule has 0 amide bonds. The largest absolute Gasteiger partial charge is 0.329 e. The highest BCUT2D eigenvalue weighted by Crippen LogP contribution is 2.34. The summed E-state index contributed by atoms with van der Waals surface area (Å²) in [5, 5.41) is 0.301. The van der Waals surface area contributed by atoms with Gasteiger partial charge >= 0.3 is 0 Å². The van der Waals surface area contributed by atoms with E-state index in [2.05, 4.69) is 52.3 Å². The Hall–Kier alpha value is -0.770. The van der Waals surface area contributed by atoms with Gasteiger partial charge in [-0.2, -0.15) is 0 Å². The molecule has 0 aliphatic carbocycles. The van der Waals surface area contributed by atoms with Crippen molar-refractivity contribution in [3.05, 3.63) is 64.6 Å². The predicted molar refractivity (Wildman–Crippen MR) is 78.2 cm³/mol. The average Bonchev–Trinajstić information content (AvgIpc) is 2.37. The third-order valence-electron chi connectivity index (χ3n) is 2.46. The normalized spacial score (nSPS) is 12.4. The van der Waals surface area contributed by atoms with Gasteiger partial charge in [-0.3, -0.25) is 0 Å². The third kappa shape index (κ3) is 3.60. The number of nitrogens with two attached hydrogens (primary N) is 1. The maximum Gasteiger partial charge on any atom is 0.0467 e. The van der Waals surface area contributed by atoms with Gasteiger partial charge < -0.3 is 5.73 Å². The molecule has 0 bridgehead atoms. The van der Waals surface area contributed by atoms with Gasteiger partial charge in [0.1, 0.15) is 0 Å². The van der Waals surface area contributed by atoms with E-state index in [0.29, 0.717) is 11.8 Å². The quantitative estimate of drug-likeness (QED) is 0.855. The summed E-state index contributed by atoms with van der Waals surface area (Å²) in [6.07, 6.45) is 0. The van der Waals surface area contributed by atoms with Gasteiger partial charge in [-0.25, -0.2) is 0 Å². The van der Waals surface area contributed by atoms with Crippen molar-refractivity contribution in [2.45, 2.75) is 10.1 Å². The lowest BCUT2D eigenvalue weighted by molar-refractivity contribution is 0.940. The molecule has 2 rings (SSSR count). The van der Waals surface area contributed by atoms with Crippen molar-refractivity contribution in [2.75, 3.05) is 6.54 Å². The monoisotopic (exact) mass is 307 g/mol. The van der Waals surface area contributed by atoms with Crippen LogP contribution in [0.1, 0.15) is 10.8 Å². The van der Waals surface area contributed by atoms with Crippen LogP contribution in [-0.4, -0.2) is 6.54 Å². The zero-order chi connectivity index (χ0) is 12.1. The standard InChI is InChI=1S/C14H14BrNS/c15-12-6-4-5-11(9-12)14(10-16)17-13-7-2-1-3-8-13/h1-9,14H,10,16H2.